The molecule has 2 fully saturated rings. The number of hydrogen-bond acceptors (Lipinski definition) is 7. The second-order valence-corrected chi connectivity index (χ2v) is 9.47. The molecule has 1 spiro atoms. The van der Waals surface area contributed by atoms with E-state index >= 15 is 0 Å². The molecule has 3 N–H and O–H groups in total. The van der Waals surface area contributed by atoms with Crippen LogP contribution in [0.15, 0.2) is 18.3 Å². The van der Waals surface area contributed by atoms with Gasteiger partial charge in [0.2, 0.25) is 0 Å². The van der Waals surface area contributed by atoms with E-state index in [1.54, 1.807) is 0 Å². The monoisotopic (exact) mass is 452 g/mol. The molecule has 0 radical (unpaired) electrons. The fourth-order valence-corrected chi connectivity index (χ4v) is 5.36. The third kappa shape index (κ3) is 3.80. The van der Waals surface area contributed by atoms with Crippen LogP contribution in [-0.2, 0) is 18.4 Å². The number of aryl methyl sites for hydroxylation is 3. The minimum Gasteiger partial charge on any atom is -0.390 e. The van der Waals surface area contributed by atoms with Gasteiger partial charge in [-0.3, -0.25) is 4.68 Å². The van der Waals surface area contributed by atoms with Crippen LogP contribution in [0.5, 0.6) is 0 Å². The van der Waals surface area contributed by atoms with Gasteiger partial charge in [0.15, 0.2) is 5.82 Å². The highest BCUT2D eigenvalue weighted by atomic mass is 16.5. The highest BCUT2D eigenvalue weighted by Crippen LogP contribution is 2.42. The number of nitrogens with two attached hydrogens (primary N) is 1. The van der Waals surface area contributed by atoms with Crippen LogP contribution in [0.2, 0.25) is 0 Å². The number of aliphatic hydroxyl groups is 1. The van der Waals surface area contributed by atoms with Gasteiger partial charge in [-0.1, -0.05) is 7.43 Å². The van der Waals surface area contributed by atoms with Crippen molar-refractivity contribution in [2.24, 2.45) is 18.2 Å². The van der Waals surface area contributed by atoms with Crippen molar-refractivity contribution < 1.29 is 9.84 Å². The predicted octanol–water partition coefficient (Wildman–Crippen LogP) is 3.11. The lowest BCUT2D eigenvalue weighted by Gasteiger charge is -2.42. The first-order valence-corrected chi connectivity index (χ1v) is 11.4. The molecule has 2 atom stereocenters. The van der Waals surface area contributed by atoms with Crippen LogP contribution in [0.3, 0.4) is 0 Å². The summed E-state index contributed by atoms with van der Waals surface area (Å²) in [5, 5.41) is 15.6. The average Bonchev–Trinajstić information content (AvgIpc) is 3.28. The van der Waals surface area contributed by atoms with Gasteiger partial charge in [0.1, 0.15) is 5.69 Å². The molecule has 8 heteroatoms. The van der Waals surface area contributed by atoms with E-state index in [0.29, 0.717) is 5.69 Å². The number of benzene rings is 1. The van der Waals surface area contributed by atoms with E-state index in [0.717, 1.165) is 71.8 Å². The molecule has 0 amide bonds. The lowest BCUT2D eigenvalue weighted by Crippen LogP contribution is -2.51. The van der Waals surface area contributed by atoms with Crippen LogP contribution < -0.4 is 10.6 Å². The van der Waals surface area contributed by atoms with Gasteiger partial charge in [-0.25, -0.2) is 9.97 Å². The van der Waals surface area contributed by atoms with Crippen molar-refractivity contribution in [3.05, 3.63) is 35.3 Å². The van der Waals surface area contributed by atoms with Crippen LogP contribution in [0, 0.1) is 19.3 Å². The number of hydrogen-bond donors (Lipinski definition) is 2. The first-order valence-electron chi connectivity index (χ1n) is 11.4. The van der Waals surface area contributed by atoms with Crippen molar-refractivity contribution in [1.82, 2.24) is 19.7 Å². The van der Waals surface area contributed by atoms with Gasteiger partial charge in [0.25, 0.3) is 0 Å². The topological polar surface area (TPSA) is 102 Å². The van der Waals surface area contributed by atoms with Crippen molar-refractivity contribution in [2.75, 3.05) is 24.6 Å². The third-order valence-electron chi connectivity index (χ3n) is 7.52. The third-order valence-corrected chi connectivity index (χ3v) is 7.52. The number of aromatic nitrogens is 4. The fraction of sp³-hybridized carbons (Fsp3) is 0.560. The van der Waals surface area contributed by atoms with Gasteiger partial charge < -0.3 is 20.5 Å². The zero-order valence-electron chi connectivity index (χ0n) is 19.3. The SMILES string of the molecule is C.Cc1cc2cnn(C)c2cc1-c1nc(CO)c(N2CCC3(CC2)CO[C@@H](C)[C@H]3N)nc1C. The molecular weight excluding hydrogens is 416 g/mol. The zero-order valence-corrected chi connectivity index (χ0v) is 19.3. The quantitative estimate of drug-likeness (QED) is 0.629. The lowest BCUT2D eigenvalue weighted by molar-refractivity contribution is 0.0973. The first kappa shape index (κ1) is 23.6. The summed E-state index contributed by atoms with van der Waals surface area (Å²) in [6.45, 7) is 8.39. The van der Waals surface area contributed by atoms with Crippen LogP contribution >= 0.6 is 0 Å². The van der Waals surface area contributed by atoms with Gasteiger partial charge in [0.05, 0.1) is 42.4 Å². The van der Waals surface area contributed by atoms with E-state index in [2.05, 4.69) is 36.0 Å². The minimum atomic E-state index is -0.149. The van der Waals surface area contributed by atoms with Gasteiger partial charge in [-0.2, -0.15) is 5.10 Å². The van der Waals surface area contributed by atoms with E-state index in [4.69, 9.17) is 20.4 Å². The van der Waals surface area contributed by atoms with Crippen molar-refractivity contribution in [2.45, 2.75) is 59.8 Å². The van der Waals surface area contributed by atoms with E-state index < -0.39 is 0 Å². The maximum atomic E-state index is 10.2. The highest BCUT2D eigenvalue weighted by molar-refractivity contribution is 5.86. The lowest BCUT2D eigenvalue weighted by atomic mass is 9.73. The minimum absolute atomic E-state index is 0. The average molecular weight is 453 g/mol. The molecule has 0 saturated carbocycles. The highest BCUT2D eigenvalue weighted by Gasteiger charge is 2.47. The molecule has 1 aromatic carbocycles. The summed E-state index contributed by atoms with van der Waals surface area (Å²) in [5.41, 5.74) is 12.0. The van der Waals surface area contributed by atoms with Crippen LogP contribution in [0.1, 0.15) is 44.1 Å². The number of rotatable bonds is 3. The Balaban J connectivity index is 0.00000259. The van der Waals surface area contributed by atoms with Gasteiger partial charge in [0, 0.05) is 42.5 Å². The van der Waals surface area contributed by atoms with Gasteiger partial charge in [-0.05, 0) is 51.3 Å². The molecule has 33 heavy (non-hydrogen) atoms. The molecular formula is C25H36N6O2. The Morgan fingerprint density at radius 1 is 1.21 bits per heavy atom. The second-order valence-electron chi connectivity index (χ2n) is 9.47. The maximum absolute atomic E-state index is 10.2. The summed E-state index contributed by atoms with van der Waals surface area (Å²) in [6.07, 6.45) is 3.90. The normalized spacial score (nSPS) is 22.2. The summed E-state index contributed by atoms with van der Waals surface area (Å²) in [6, 6.07) is 4.31. The number of aliphatic hydroxyl groups excluding tert-OH is 1. The number of fused-ring (bicyclic) bond motifs is 1. The number of anilines is 1. The van der Waals surface area contributed by atoms with Crippen molar-refractivity contribution in [3.63, 3.8) is 0 Å². The van der Waals surface area contributed by atoms with Crippen LogP contribution in [0.4, 0.5) is 5.82 Å². The van der Waals surface area contributed by atoms with Crippen LogP contribution in [-0.4, -0.2) is 56.7 Å². The molecule has 2 saturated heterocycles. The Labute approximate surface area is 195 Å². The largest absolute Gasteiger partial charge is 0.390 e. The fourth-order valence-electron chi connectivity index (χ4n) is 5.36. The molecule has 2 aliphatic heterocycles. The van der Waals surface area contributed by atoms with Gasteiger partial charge in [-0.15, -0.1) is 0 Å². The summed E-state index contributed by atoms with van der Waals surface area (Å²) in [5.74, 6) is 0.781. The van der Waals surface area contributed by atoms with Crippen LogP contribution in [0.25, 0.3) is 22.2 Å². The Morgan fingerprint density at radius 3 is 2.58 bits per heavy atom. The Kier molecular flexibility index (Phi) is 6.20. The van der Waals surface area contributed by atoms with E-state index in [1.807, 2.05) is 24.9 Å². The molecule has 0 bridgehead atoms. The Morgan fingerprint density at radius 2 is 1.94 bits per heavy atom. The van der Waals surface area contributed by atoms with E-state index in [1.165, 1.54) is 0 Å². The zero-order chi connectivity index (χ0) is 22.6. The molecule has 2 aromatic heterocycles. The van der Waals surface area contributed by atoms with Gasteiger partial charge >= 0.3 is 0 Å². The molecule has 5 rings (SSSR count). The number of ether oxygens (including phenoxy) is 1. The predicted molar refractivity (Wildman–Crippen MR) is 131 cm³/mol. The maximum Gasteiger partial charge on any atom is 0.153 e. The Bertz CT molecular complexity index is 1170. The van der Waals surface area contributed by atoms with Crippen molar-refractivity contribution >= 4 is 16.7 Å². The molecule has 0 unspecified atom stereocenters. The molecule has 0 aliphatic carbocycles. The Hall–Kier alpha value is -2.55. The summed E-state index contributed by atoms with van der Waals surface area (Å²) >= 11 is 0. The summed E-state index contributed by atoms with van der Waals surface area (Å²) in [4.78, 5) is 12.1. The number of piperidine rings is 1. The van der Waals surface area contributed by atoms with E-state index in [9.17, 15) is 5.11 Å². The smallest absolute Gasteiger partial charge is 0.153 e. The van der Waals surface area contributed by atoms with Crippen molar-refractivity contribution in [1.29, 1.82) is 0 Å². The molecule has 4 heterocycles. The molecule has 3 aromatic rings. The number of nitrogens with zero attached hydrogens (tertiary/aromatic N) is 5. The first-order chi connectivity index (χ1) is 15.3. The van der Waals surface area contributed by atoms with E-state index in [-0.39, 0.29) is 31.6 Å². The summed E-state index contributed by atoms with van der Waals surface area (Å²) in [7, 11) is 1.94. The summed E-state index contributed by atoms with van der Waals surface area (Å²) < 4.78 is 7.72. The molecule has 2 aliphatic rings. The van der Waals surface area contributed by atoms with Crippen molar-refractivity contribution in [3.8, 4) is 11.3 Å². The standard InChI is InChI=1S/C24H32N6O2.CH4/c1-14-9-17-11-26-29(4)20(17)10-18(14)21-15(2)27-23(19(12-31)28-21)30-7-5-24(6-8-30)13-32-16(3)22(24)25;/h9-11,16,22,31H,5-8,12-13,25H2,1-4H3;1H4/t16-,22+;/m0./s1. The molecule has 8 nitrogen and oxygen atoms in total. The molecule has 178 valence electrons. The second kappa shape index (κ2) is 8.66.